The number of nitrogens with one attached hydrogen (secondary N) is 1. The summed E-state index contributed by atoms with van der Waals surface area (Å²) in [6, 6.07) is 26.4. The second-order valence-corrected chi connectivity index (χ2v) is 8.96. The first-order valence-corrected chi connectivity index (χ1v) is 11.3. The zero-order valence-corrected chi connectivity index (χ0v) is 20.2. The van der Waals surface area contributed by atoms with Crippen LogP contribution in [0.3, 0.4) is 0 Å². The van der Waals surface area contributed by atoms with Gasteiger partial charge in [0.1, 0.15) is 17.5 Å². The van der Waals surface area contributed by atoms with Gasteiger partial charge in [-0.15, -0.1) is 0 Å². The van der Waals surface area contributed by atoms with E-state index in [1.54, 1.807) is 24.1 Å². The molecule has 0 aliphatic heterocycles. The van der Waals surface area contributed by atoms with Crippen molar-refractivity contribution < 1.29 is 19.1 Å². The van der Waals surface area contributed by atoms with Crippen molar-refractivity contribution in [3.8, 4) is 5.75 Å². The van der Waals surface area contributed by atoms with E-state index >= 15 is 0 Å². The Labute approximate surface area is 201 Å². The van der Waals surface area contributed by atoms with Crippen LogP contribution in [0.1, 0.15) is 49.2 Å². The van der Waals surface area contributed by atoms with Crippen molar-refractivity contribution in [2.24, 2.45) is 0 Å². The smallest absolute Gasteiger partial charge is 0.407 e. The average Bonchev–Trinajstić information content (AvgIpc) is 2.82. The number of benzene rings is 3. The summed E-state index contributed by atoms with van der Waals surface area (Å²) in [7, 11) is 1.74. The van der Waals surface area contributed by atoms with Crippen LogP contribution in [0.25, 0.3) is 0 Å². The van der Waals surface area contributed by atoms with Gasteiger partial charge < -0.3 is 19.7 Å². The first-order valence-electron chi connectivity index (χ1n) is 11.3. The van der Waals surface area contributed by atoms with Crippen molar-refractivity contribution in [3.63, 3.8) is 0 Å². The molecule has 0 aliphatic rings. The third-order valence-electron chi connectivity index (χ3n) is 5.05. The largest absolute Gasteiger partial charge is 0.486 e. The molecule has 1 atom stereocenters. The molecule has 1 unspecified atom stereocenters. The molecule has 0 saturated heterocycles. The Balaban J connectivity index is 1.71. The van der Waals surface area contributed by atoms with Crippen LogP contribution in [0, 0.1) is 0 Å². The Hall–Kier alpha value is -3.80. The van der Waals surface area contributed by atoms with E-state index in [1.165, 1.54) is 0 Å². The summed E-state index contributed by atoms with van der Waals surface area (Å²) in [5, 5.41) is 2.79. The quantitative estimate of drug-likeness (QED) is 0.448. The van der Waals surface area contributed by atoms with Crippen LogP contribution >= 0.6 is 0 Å². The minimum atomic E-state index is -0.553. The molecule has 6 nitrogen and oxygen atoms in total. The van der Waals surface area contributed by atoms with E-state index < -0.39 is 11.7 Å². The lowest BCUT2D eigenvalue weighted by molar-refractivity contribution is 0.0520. The number of hydrogen-bond donors (Lipinski definition) is 1. The number of nitrogens with zero attached hydrogens (tertiary/aromatic N) is 1. The Morgan fingerprint density at radius 1 is 0.912 bits per heavy atom. The maximum absolute atomic E-state index is 12.8. The van der Waals surface area contributed by atoms with Crippen molar-refractivity contribution >= 4 is 17.7 Å². The number of rotatable bonds is 8. The minimum Gasteiger partial charge on any atom is -0.486 e. The number of amides is 2. The van der Waals surface area contributed by atoms with Crippen LogP contribution in [0.5, 0.6) is 5.75 Å². The SMILES string of the molecule is CN(C(=O)c1ccccc1)c1cccc(OC(CCNC(=O)OC(C)(C)C)c2ccccc2)c1. The number of ether oxygens (including phenoxy) is 2. The van der Waals surface area contributed by atoms with Gasteiger partial charge >= 0.3 is 6.09 Å². The van der Waals surface area contributed by atoms with Crippen LogP contribution in [0.4, 0.5) is 10.5 Å². The summed E-state index contributed by atoms with van der Waals surface area (Å²) in [6.07, 6.45) is -0.199. The monoisotopic (exact) mass is 460 g/mol. The van der Waals surface area contributed by atoms with E-state index in [0.717, 1.165) is 11.3 Å². The van der Waals surface area contributed by atoms with Crippen molar-refractivity contribution in [2.45, 2.75) is 38.9 Å². The van der Waals surface area contributed by atoms with E-state index in [9.17, 15) is 9.59 Å². The highest BCUT2D eigenvalue weighted by Crippen LogP contribution is 2.28. The van der Waals surface area contributed by atoms with Gasteiger partial charge in [0.2, 0.25) is 0 Å². The molecule has 6 heteroatoms. The fourth-order valence-corrected chi connectivity index (χ4v) is 3.40. The van der Waals surface area contributed by atoms with E-state index in [0.29, 0.717) is 24.3 Å². The Morgan fingerprint density at radius 3 is 2.21 bits per heavy atom. The van der Waals surface area contributed by atoms with Crippen LogP contribution < -0.4 is 15.0 Å². The fourth-order valence-electron chi connectivity index (χ4n) is 3.40. The van der Waals surface area contributed by atoms with Crippen molar-refractivity contribution in [1.82, 2.24) is 5.32 Å². The normalized spacial score (nSPS) is 11.9. The molecule has 178 valence electrons. The molecular weight excluding hydrogens is 428 g/mol. The summed E-state index contributed by atoms with van der Waals surface area (Å²) in [5.74, 6) is 0.537. The molecule has 0 heterocycles. The molecule has 3 rings (SSSR count). The zero-order valence-electron chi connectivity index (χ0n) is 20.2. The van der Waals surface area contributed by atoms with Crippen LogP contribution in [0.2, 0.25) is 0 Å². The number of carbonyl (C=O) groups excluding carboxylic acids is 2. The Morgan fingerprint density at radius 2 is 1.56 bits per heavy atom. The maximum Gasteiger partial charge on any atom is 0.407 e. The summed E-state index contributed by atoms with van der Waals surface area (Å²) in [6.45, 7) is 5.87. The van der Waals surface area contributed by atoms with Gasteiger partial charge in [0, 0.05) is 37.3 Å². The molecular formula is C28H32N2O4. The molecule has 3 aromatic carbocycles. The Kier molecular flexibility index (Phi) is 8.30. The molecule has 3 aromatic rings. The van der Waals surface area contributed by atoms with Crippen molar-refractivity contribution in [1.29, 1.82) is 0 Å². The average molecular weight is 461 g/mol. The highest BCUT2D eigenvalue weighted by Gasteiger charge is 2.19. The van der Waals surface area contributed by atoms with E-state index in [4.69, 9.17) is 9.47 Å². The van der Waals surface area contributed by atoms with Crippen LogP contribution in [0.15, 0.2) is 84.9 Å². The fraction of sp³-hybridized carbons (Fsp3) is 0.286. The minimum absolute atomic E-state index is 0.0982. The number of alkyl carbamates (subject to hydrolysis) is 1. The second-order valence-electron chi connectivity index (χ2n) is 8.96. The number of hydrogen-bond acceptors (Lipinski definition) is 4. The summed E-state index contributed by atoms with van der Waals surface area (Å²) in [5.41, 5.74) is 1.78. The van der Waals surface area contributed by atoms with Crippen LogP contribution in [-0.2, 0) is 4.74 Å². The lowest BCUT2D eigenvalue weighted by Gasteiger charge is -2.23. The highest BCUT2D eigenvalue weighted by molar-refractivity contribution is 6.05. The molecule has 34 heavy (non-hydrogen) atoms. The van der Waals surface area contributed by atoms with Gasteiger partial charge in [0.15, 0.2) is 0 Å². The molecule has 0 bridgehead atoms. The highest BCUT2D eigenvalue weighted by atomic mass is 16.6. The maximum atomic E-state index is 12.8. The first kappa shape index (κ1) is 24.8. The van der Waals surface area contributed by atoms with Crippen molar-refractivity contribution in [2.75, 3.05) is 18.5 Å². The molecule has 0 saturated carbocycles. The first-order chi connectivity index (χ1) is 16.2. The van der Waals surface area contributed by atoms with Gasteiger partial charge in [-0.3, -0.25) is 4.79 Å². The van der Waals surface area contributed by atoms with Crippen molar-refractivity contribution in [3.05, 3.63) is 96.1 Å². The molecule has 0 fully saturated rings. The number of carbonyl (C=O) groups is 2. The molecule has 0 aliphatic carbocycles. The van der Waals surface area contributed by atoms with Gasteiger partial charge in [0.05, 0.1) is 0 Å². The molecule has 0 radical (unpaired) electrons. The van der Waals surface area contributed by atoms with Gasteiger partial charge in [-0.1, -0.05) is 54.6 Å². The van der Waals surface area contributed by atoms with Gasteiger partial charge in [-0.05, 0) is 50.6 Å². The van der Waals surface area contributed by atoms with Gasteiger partial charge in [-0.2, -0.15) is 0 Å². The van der Waals surface area contributed by atoms with E-state index in [1.807, 2.05) is 93.6 Å². The van der Waals surface area contributed by atoms with E-state index in [-0.39, 0.29) is 12.0 Å². The summed E-state index contributed by atoms with van der Waals surface area (Å²) < 4.78 is 11.6. The predicted octanol–water partition coefficient (Wildman–Crippen LogP) is 6.00. The third kappa shape index (κ3) is 7.37. The second kappa shape index (κ2) is 11.4. The van der Waals surface area contributed by atoms with Gasteiger partial charge in [-0.25, -0.2) is 4.79 Å². The molecule has 1 N–H and O–H groups in total. The van der Waals surface area contributed by atoms with Gasteiger partial charge in [0.25, 0.3) is 5.91 Å². The standard InChI is InChI=1S/C28H32N2O4/c1-28(2,3)34-27(32)29-19-18-25(21-12-7-5-8-13-21)33-24-17-11-16-23(20-24)30(4)26(31)22-14-9-6-10-15-22/h5-17,20,25H,18-19H2,1-4H3,(H,29,32). The number of anilines is 1. The molecule has 2 amide bonds. The third-order valence-corrected chi connectivity index (χ3v) is 5.05. The molecule has 0 aromatic heterocycles. The molecule has 0 spiro atoms. The summed E-state index contributed by atoms with van der Waals surface area (Å²) in [4.78, 5) is 26.5. The Bertz CT molecular complexity index is 1080. The van der Waals surface area contributed by atoms with Crippen LogP contribution in [-0.4, -0.2) is 31.2 Å². The summed E-state index contributed by atoms with van der Waals surface area (Å²) >= 11 is 0. The zero-order chi connectivity index (χ0) is 24.6. The predicted molar refractivity (Wildman–Crippen MR) is 134 cm³/mol. The lowest BCUT2D eigenvalue weighted by Crippen LogP contribution is -2.33. The topological polar surface area (TPSA) is 67.9 Å². The van der Waals surface area contributed by atoms with E-state index in [2.05, 4.69) is 5.32 Å². The lowest BCUT2D eigenvalue weighted by atomic mass is 10.1.